The number of benzene rings is 1. The Morgan fingerprint density at radius 2 is 1.95 bits per heavy atom. The minimum Gasteiger partial charge on any atom is -0.336 e. The van der Waals surface area contributed by atoms with E-state index < -0.39 is 0 Å². The second-order valence-corrected chi connectivity index (χ2v) is 4.84. The SMILES string of the molecule is Cc1nnc(Nc2cc(Cl)ccc2Cl)c(C#N)c1C. The molecule has 1 N–H and O–H groups in total. The average molecular weight is 293 g/mol. The summed E-state index contributed by atoms with van der Waals surface area (Å²) in [6.45, 7) is 3.63. The van der Waals surface area contributed by atoms with Crippen molar-refractivity contribution in [3.05, 3.63) is 45.1 Å². The molecule has 0 fully saturated rings. The van der Waals surface area contributed by atoms with Gasteiger partial charge in [0.05, 0.1) is 16.4 Å². The summed E-state index contributed by atoms with van der Waals surface area (Å²) in [7, 11) is 0. The van der Waals surface area contributed by atoms with Gasteiger partial charge < -0.3 is 5.32 Å². The van der Waals surface area contributed by atoms with Gasteiger partial charge in [0, 0.05) is 5.02 Å². The average Bonchev–Trinajstić information content (AvgIpc) is 2.38. The van der Waals surface area contributed by atoms with Crippen LogP contribution in [0.2, 0.25) is 10.0 Å². The van der Waals surface area contributed by atoms with E-state index in [9.17, 15) is 5.26 Å². The predicted octanol–water partition coefficient (Wildman–Crippen LogP) is 4.02. The quantitative estimate of drug-likeness (QED) is 0.908. The van der Waals surface area contributed by atoms with Crippen molar-refractivity contribution in [2.24, 2.45) is 0 Å². The summed E-state index contributed by atoms with van der Waals surface area (Å²) in [5.41, 5.74) is 2.55. The lowest BCUT2D eigenvalue weighted by atomic mass is 10.1. The molecule has 0 aliphatic carbocycles. The Kier molecular flexibility index (Phi) is 3.89. The van der Waals surface area contributed by atoms with Crippen molar-refractivity contribution in [3.8, 4) is 6.07 Å². The van der Waals surface area contributed by atoms with E-state index in [0.29, 0.717) is 27.1 Å². The molecule has 96 valence electrons. The van der Waals surface area contributed by atoms with Crippen molar-refractivity contribution in [1.29, 1.82) is 5.26 Å². The zero-order valence-corrected chi connectivity index (χ0v) is 11.8. The number of hydrogen-bond acceptors (Lipinski definition) is 4. The Bertz CT molecular complexity index is 677. The molecule has 1 aromatic heterocycles. The molecule has 1 aromatic carbocycles. The first-order valence-corrected chi connectivity index (χ1v) is 6.24. The van der Waals surface area contributed by atoms with Gasteiger partial charge in [-0.3, -0.25) is 0 Å². The number of anilines is 2. The molecule has 0 aliphatic heterocycles. The summed E-state index contributed by atoms with van der Waals surface area (Å²) in [4.78, 5) is 0. The Morgan fingerprint density at radius 3 is 2.63 bits per heavy atom. The van der Waals surface area contributed by atoms with Gasteiger partial charge in [-0.25, -0.2) is 0 Å². The number of nitrogens with one attached hydrogen (secondary N) is 1. The normalized spacial score (nSPS) is 10.1. The maximum Gasteiger partial charge on any atom is 0.171 e. The molecule has 0 bridgehead atoms. The van der Waals surface area contributed by atoms with Crippen molar-refractivity contribution in [2.45, 2.75) is 13.8 Å². The summed E-state index contributed by atoms with van der Waals surface area (Å²) in [5.74, 6) is 0.370. The molecule has 0 unspecified atom stereocenters. The second-order valence-electron chi connectivity index (χ2n) is 3.99. The third-order valence-corrected chi connectivity index (χ3v) is 3.31. The van der Waals surface area contributed by atoms with Crippen LogP contribution in [-0.2, 0) is 0 Å². The number of nitrogens with zero attached hydrogens (tertiary/aromatic N) is 3. The fourth-order valence-electron chi connectivity index (χ4n) is 1.55. The zero-order valence-electron chi connectivity index (χ0n) is 10.3. The molecule has 0 amide bonds. The lowest BCUT2D eigenvalue weighted by molar-refractivity contribution is 0.960. The van der Waals surface area contributed by atoms with Gasteiger partial charge in [-0.2, -0.15) is 10.4 Å². The first kappa shape index (κ1) is 13.6. The number of halogens is 2. The van der Waals surface area contributed by atoms with Crippen LogP contribution in [-0.4, -0.2) is 10.2 Å². The molecule has 0 saturated carbocycles. The standard InChI is InChI=1S/C13H10Cl2N4/c1-7-8(2)18-19-13(10(7)6-16)17-12-5-9(14)3-4-11(12)15/h3-5H,1-2H3,(H,17,19). The number of nitriles is 1. The van der Waals surface area contributed by atoms with Crippen molar-refractivity contribution in [2.75, 3.05) is 5.32 Å². The number of aromatic nitrogens is 2. The van der Waals surface area contributed by atoms with Crippen LogP contribution in [0.25, 0.3) is 0 Å². The van der Waals surface area contributed by atoms with Gasteiger partial charge in [-0.15, -0.1) is 5.10 Å². The Balaban J connectivity index is 2.47. The largest absolute Gasteiger partial charge is 0.336 e. The molecule has 0 atom stereocenters. The van der Waals surface area contributed by atoms with Gasteiger partial charge in [-0.1, -0.05) is 23.2 Å². The Hall–Kier alpha value is -1.83. The van der Waals surface area contributed by atoms with E-state index in [0.717, 1.165) is 11.3 Å². The van der Waals surface area contributed by atoms with Gasteiger partial charge in [-0.05, 0) is 37.6 Å². The fraction of sp³-hybridized carbons (Fsp3) is 0.154. The van der Waals surface area contributed by atoms with Crippen molar-refractivity contribution >= 4 is 34.7 Å². The summed E-state index contributed by atoms with van der Waals surface area (Å²) in [6, 6.07) is 7.15. The molecule has 4 nitrogen and oxygen atoms in total. The van der Waals surface area contributed by atoms with Crippen LogP contribution >= 0.6 is 23.2 Å². The highest BCUT2D eigenvalue weighted by Gasteiger charge is 2.12. The molecular formula is C13H10Cl2N4. The molecule has 0 radical (unpaired) electrons. The topological polar surface area (TPSA) is 61.6 Å². The highest BCUT2D eigenvalue weighted by molar-refractivity contribution is 6.35. The molecule has 0 saturated heterocycles. The van der Waals surface area contributed by atoms with Gasteiger partial charge in [0.1, 0.15) is 11.6 Å². The highest BCUT2D eigenvalue weighted by Crippen LogP contribution is 2.29. The first-order valence-electron chi connectivity index (χ1n) is 5.49. The van der Waals surface area contributed by atoms with E-state index in [4.69, 9.17) is 23.2 Å². The predicted molar refractivity (Wildman–Crippen MR) is 76.0 cm³/mol. The first-order chi connectivity index (χ1) is 9.02. The minimum atomic E-state index is 0.370. The van der Waals surface area contributed by atoms with Gasteiger partial charge in [0.2, 0.25) is 0 Å². The van der Waals surface area contributed by atoms with Crippen LogP contribution in [0.5, 0.6) is 0 Å². The van der Waals surface area contributed by atoms with Crippen molar-refractivity contribution in [1.82, 2.24) is 10.2 Å². The molecule has 0 spiro atoms. The van der Waals surface area contributed by atoms with Crippen LogP contribution in [0.1, 0.15) is 16.8 Å². The maximum atomic E-state index is 9.21. The summed E-state index contributed by atoms with van der Waals surface area (Å²) < 4.78 is 0. The number of aryl methyl sites for hydroxylation is 1. The van der Waals surface area contributed by atoms with E-state index in [1.54, 1.807) is 25.1 Å². The third-order valence-electron chi connectivity index (χ3n) is 2.75. The minimum absolute atomic E-state index is 0.370. The lowest BCUT2D eigenvalue weighted by Gasteiger charge is -2.11. The van der Waals surface area contributed by atoms with Gasteiger partial charge >= 0.3 is 0 Å². The molecule has 6 heteroatoms. The fourth-order valence-corrected chi connectivity index (χ4v) is 1.89. The lowest BCUT2D eigenvalue weighted by Crippen LogP contribution is -2.03. The van der Waals surface area contributed by atoms with Gasteiger partial charge in [0.15, 0.2) is 5.82 Å². The molecule has 1 heterocycles. The molecular weight excluding hydrogens is 283 g/mol. The second kappa shape index (κ2) is 5.43. The van der Waals surface area contributed by atoms with Crippen LogP contribution in [0.3, 0.4) is 0 Å². The maximum absolute atomic E-state index is 9.21. The summed E-state index contributed by atoms with van der Waals surface area (Å²) in [6.07, 6.45) is 0. The number of rotatable bonds is 2. The summed E-state index contributed by atoms with van der Waals surface area (Å²) in [5, 5.41) is 21.2. The van der Waals surface area contributed by atoms with E-state index in [-0.39, 0.29) is 0 Å². The smallest absolute Gasteiger partial charge is 0.171 e. The van der Waals surface area contributed by atoms with E-state index in [1.807, 2.05) is 6.92 Å². The monoisotopic (exact) mass is 292 g/mol. The number of hydrogen-bond donors (Lipinski definition) is 1. The van der Waals surface area contributed by atoms with Crippen LogP contribution in [0.4, 0.5) is 11.5 Å². The van der Waals surface area contributed by atoms with E-state index in [1.165, 1.54) is 0 Å². The molecule has 2 rings (SSSR count). The Morgan fingerprint density at radius 1 is 1.21 bits per heavy atom. The van der Waals surface area contributed by atoms with Crippen molar-refractivity contribution in [3.63, 3.8) is 0 Å². The zero-order chi connectivity index (χ0) is 14.0. The van der Waals surface area contributed by atoms with E-state index in [2.05, 4.69) is 21.6 Å². The Labute approximate surface area is 121 Å². The van der Waals surface area contributed by atoms with E-state index >= 15 is 0 Å². The molecule has 19 heavy (non-hydrogen) atoms. The molecule has 0 aliphatic rings. The summed E-state index contributed by atoms with van der Waals surface area (Å²) >= 11 is 12.0. The van der Waals surface area contributed by atoms with Crippen LogP contribution < -0.4 is 5.32 Å². The van der Waals surface area contributed by atoms with Gasteiger partial charge in [0.25, 0.3) is 0 Å². The molecule has 2 aromatic rings. The van der Waals surface area contributed by atoms with Crippen LogP contribution in [0, 0.1) is 25.2 Å². The van der Waals surface area contributed by atoms with Crippen molar-refractivity contribution < 1.29 is 0 Å². The van der Waals surface area contributed by atoms with Crippen LogP contribution in [0.15, 0.2) is 18.2 Å². The third kappa shape index (κ3) is 2.78. The highest BCUT2D eigenvalue weighted by atomic mass is 35.5.